The number of likely N-dealkylation sites (tertiary alicyclic amines) is 1. The van der Waals surface area contributed by atoms with Crippen LogP contribution in [-0.2, 0) is 16.6 Å². The Hall–Kier alpha value is -2.64. The maximum absolute atomic E-state index is 13.0. The van der Waals surface area contributed by atoms with Crippen molar-refractivity contribution in [1.82, 2.24) is 19.6 Å². The maximum Gasteiger partial charge on any atom is 0.295 e. The van der Waals surface area contributed by atoms with Gasteiger partial charge in [-0.25, -0.2) is 0 Å². The van der Waals surface area contributed by atoms with Crippen LogP contribution in [0.1, 0.15) is 28.6 Å². The Morgan fingerprint density at radius 2 is 1.97 bits per heavy atom. The third-order valence-corrected chi connectivity index (χ3v) is 5.47. The number of amides is 1. The van der Waals surface area contributed by atoms with E-state index in [-0.39, 0.29) is 11.3 Å². The molecule has 1 N–H and O–H groups in total. The molecular weight excluding hydrogens is 392 g/mol. The zero-order valence-electron chi connectivity index (χ0n) is 17.2. The number of benzene rings is 1. The molecule has 7 nitrogen and oxygen atoms in total. The highest BCUT2D eigenvalue weighted by Gasteiger charge is 2.46. The SMILES string of the molecule is Cc1nn(C)c(C)c1/C(O)=C1\C(=O)C(=O)N(CCN(C)C)C1c1cccc(Cl)c1. The van der Waals surface area contributed by atoms with Crippen LogP contribution in [0.15, 0.2) is 29.8 Å². The number of carbonyl (C=O) groups is 2. The minimum atomic E-state index is -0.715. The molecular formula is C21H25ClN4O3. The Labute approximate surface area is 175 Å². The van der Waals surface area contributed by atoms with Crippen LogP contribution < -0.4 is 0 Å². The topological polar surface area (TPSA) is 78.7 Å². The van der Waals surface area contributed by atoms with Crippen molar-refractivity contribution in [1.29, 1.82) is 0 Å². The Balaban J connectivity index is 2.22. The number of nitrogens with zero attached hydrogens (tertiary/aromatic N) is 4. The first-order chi connectivity index (χ1) is 13.6. The van der Waals surface area contributed by atoms with E-state index in [1.165, 1.54) is 4.90 Å². The average molecular weight is 417 g/mol. The van der Waals surface area contributed by atoms with E-state index in [1.807, 2.05) is 25.9 Å². The van der Waals surface area contributed by atoms with E-state index >= 15 is 0 Å². The van der Waals surface area contributed by atoms with Crippen LogP contribution in [0.2, 0.25) is 5.02 Å². The van der Waals surface area contributed by atoms with Gasteiger partial charge in [0.15, 0.2) is 0 Å². The van der Waals surface area contributed by atoms with Crippen molar-refractivity contribution >= 4 is 29.1 Å². The van der Waals surface area contributed by atoms with E-state index in [9.17, 15) is 14.7 Å². The zero-order valence-corrected chi connectivity index (χ0v) is 18.0. The number of aromatic nitrogens is 2. The fraction of sp³-hybridized carbons (Fsp3) is 0.381. The lowest BCUT2D eigenvalue weighted by molar-refractivity contribution is -0.140. The summed E-state index contributed by atoms with van der Waals surface area (Å²) in [5, 5.41) is 16.0. The number of carbonyl (C=O) groups excluding carboxylic acids is 2. The lowest BCUT2D eigenvalue weighted by Crippen LogP contribution is -2.35. The molecule has 1 aliphatic heterocycles. The molecule has 1 aromatic heterocycles. The predicted octanol–water partition coefficient (Wildman–Crippen LogP) is 2.67. The second kappa shape index (κ2) is 8.00. The Morgan fingerprint density at radius 1 is 1.28 bits per heavy atom. The van der Waals surface area contributed by atoms with Gasteiger partial charge < -0.3 is 14.9 Å². The summed E-state index contributed by atoms with van der Waals surface area (Å²) in [6, 6.07) is 6.31. The number of rotatable bonds is 5. The quantitative estimate of drug-likeness (QED) is 0.460. The summed E-state index contributed by atoms with van der Waals surface area (Å²) in [5.41, 5.74) is 2.52. The lowest BCUT2D eigenvalue weighted by atomic mass is 9.94. The summed E-state index contributed by atoms with van der Waals surface area (Å²) in [5.74, 6) is -1.53. The van der Waals surface area contributed by atoms with Gasteiger partial charge in [-0.05, 0) is 45.6 Å². The van der Waals surface area contributed by atoms with Crippen LogP contribution in [-0.4, -0.2) is 63.6 Å². The van der Waals surface area contributed by atoms with Crippen molar-refractivity contribution in [3.8, 4) is 0 Å². The van der Waals surface area contributed by atoms with Crippen molar-refractivity contribution in [3.05, 3.63) is 57.4 Å². The van der Waals surface area contributed by atoms with Crippen molar-refractivity contribution in [2.75, 3.05) is 27.2 Å². The van der Waals surface area contributed by atoms with Crippen LogP contribution in [0.3, 0.4) is 0 Å². The predicted molar refractivity (Wildman–Crippen MR) is 112 cm³/mol. The zero-order chi connectivity index (χ0) is 21.5. The molecule has 8 heteroatoms. The van der Waals surface area contributed by atoms with E-state index in [0.29, 0.717) is 40.6 Å². The molecule has 1 saturated heterocycles. The first kappa shape index (κ1) is 21.1. The molecule has 0 radical (unpaired) electrons. The standard InChI is InChI=1S/C21H25ClN4O3/c1-12-16(13(2)25(5)23-12)19(27)17-18(14-7-6-8-15(22)11-14)26(10-9-24(3)4)21(29)20(17)28/h6-8,11,18,27H,9-10H2,1-5H3/b19-17+. The van der Waals surface area contributed by atoms with Gasteiger partial charge in [-0.1, -0.05) is 23.7 Å². The van der Waals surface area contributed by atoms with Gasteiger partial charge in [0.05, 0.1) is 22.9 Å². The molecule has 1 aliphatic rings. The van der Waals surface area contributed by atoms with E-state index in [0.717, 1.165) is 0 Å². The summed E-state index contributed by atoms with van der Waals surface area (Å²) in [6.45, 7) is 4.50. The number of Topliss-reactive ketones (excluding diaryl/α,β-unsaturated/α-hetero) is 1. The number of aliphatic hydroxyl groups is 1. The molecule has 0 aliphatic carbocycles. The molecule has 1 amide bonds. The number of aliphatic hydroxyl groups excluding tert-OH is 1. The smallest absolute Gasteiger partial charge is 0.295 e. The highest BCUT2D eigenvalue weighted by atomic mass is 35.5. The van der Waals surface area contributed by atoms with Gasteiger partial charge in [0.2, 0.25) is 0 Å². The molecule has 1 atom stereocenters. The van der Waals surface area contributed by atoms with E-state index in [4.69, 9.17) is 11.6 Å². The van der Waals surface area contributed by atoms with Crippen LogP contribution in [0, 0.1) is 13.8 Å². The molecule has 1 aromatic carbocycles. The Bertz CT molecular complexity index is 1010. The first-order valence-electron chi connectivity index (χ1n) is 9.32. The van der Waals surface area contributed by atoms with Gasteiger partial charge in [-0.2, -0.15) is 5.10 Å². The van der Waals surface area contributed by atoms with Crippen LogP contribution in [0.25, 0.3) is 5.76 Å². The highest BCUT2D eigenvalue weighted by Crippen LogP contribution is 2.40. The van der Waals surface area contributed by atoms with E-state index < -0.39 is 17.7 Å². The minimum Gasteiger partial charge on any atom is -0.507 e. The molecule has 0 saturated carbocycles. The van der Waals surface area contributed by atoms with Gasteiger partial charge in [0.1, 0.15) is 5.76 Å². The van der Waals surface area contributed by atoms with Crippen LogP contribution in [0.5, 0.6) is 0 Å². The van der Waals surface area contributed by atoms with Gasteiger partial charge in [0, 0.05) is 30.9 Å². The van der Waals surface area contributed by atoms with Crippen LogP contribution in [0.4, 0.5) is 0 Å². The summed E-state index contributed by atoms with van der Waals surface area (Å²) >= 11 is 6.18. The van der Waals surface area contributed by atoms with Crippen molar-refractivity contribution in [2.24, 2.45) is 7.05 Å². The fourth-order valence-corrected chi connectivity index (χ4v) is 3.89. The van der Waals surface area contributed by atoms with Gasteiger partial charge in [-0.15, -0.1) is 0 Å². The Kier molecular flexibility index (Phi) is 5.82. The minimum absolute atomic E-state index is 0.0650. The lowest BCUT2D eigenvalue weighted by Gasteiger charge is -2.26. The molecule has 1 fully saturated rings. The number of ketones is 1. The summed E-state index contributed by atoms with van der Waals surface area (Å²) in [7, 11) is 5.56. The third kappa shape index (κ3) is 3.80. The summed E-state index contributed by atoms with van der Waals surface area (Å²) in [4.78, 5) is 29.3. The average Bonchev–Trinajstić information content (AvgIpc) is 3.05. The van der Waals surface area contributed by atoms with Crippen molar-refractivity contribution in [3.63, 3.8) is 0 Å². The largest absolute Gasteiger partial charge is 0.507 e. The van der Waals surface area contributed by atoms with Gasteiger partial charge in [0.25, 0.3) is 11.7 Å². The van der Waals surface area contributed by atoms with E-state index in [2.05, 4.69) is 5.10 Å². The van der Waals surface area contributed by atoms with Gasteiger partial charge >= 0.3 is 0 Å². The maximum atomic E-state index is 13.0. The van der Waals surface area contributed by atoms with Gasteiger partial charge in [-0.3, -0.25) is 14.3 Å². The third-order valence-electron chi connectivity index (χ3n) is 5.24. The normalized spacial score (nSPS) is 18.9. The summed E-state index contributed by atoms with van der Waals surface area (Å²) in [6.07, 6.45) is 0. The molecule has 2 heterocycles. The number of hydrogen-bond acceptors (Lipinski definition) is 5. The molecule has 29 heavy (non-hydrogen) atoms. The number of likely N-dealkylation sites (N-methyl/N-ethyl adjacent to an activating group) is 1. The molecule has 1 unspecified atom stereocenters. The monoisotopic (exact) mass is 416 g/mol. The number of hydrogen-bond donors (Lipinski definition) is 1. The first-order valence-corrected chi connectivity index (χ1v) is 9.70. The molecule has 154 valence electrons. The van der Waals surface area contributed by atoms with Crippen molar-refractivity contribution < 1.29 is 14.7 Å². The highest BCUT2D eigenvalue weighted by molar-refractivity contribution is 6.46. The number of halogens is 1. The molecule has 0 spiro atoms. The van der Waals surface area contributed by atoms with E-state index in [1.54, 1.807) is 42.9 Å². The molecule has 0 bridgehead atoms. The second-order valence-corrected chi connectivity index (χ2v) is 7.96. The van der Waals surface area contributed by atoms with Crippen molar-refractivity contribution in [2.45, 2.75) is 19.9 Å². The fourth-order valence-electron chi connectivity index (χ4n) is 3.69. The Morgan fingerprint density at radius 3 is 2.52 bits per heavy atom. The molecule has 3 rings (SSSR count). The molecule has 2 aromatic rings. The second-order valence-electron chi connectivity index (χ2n) is 7.52. The van der Waals surface area contributed by atoms with Crippen LogP contribution >= 0.6 is 11.6 Å². The summed E-state index contributed by atoms with van der Waals surface area (Å²) < 4.78 is 1.64. The number of aryl methyl sites for hydroxylation is 2.